The van der Waals surface area contributed by atoms with Gasteiger partial charge in [0, 0.05) is 17.1 Å². The molecule has 2 amide bonds. The number of anilines is 1. The summed E-state index contributed by atoms with van der Waals surface area (Å²) < 4.78 is 0. The summed E-state index contributed by atoms with van der Waals surface area (Å²) in [6.07, 6.45) is 1.60. The van der Waals surface area contributed by atoms with E-state index >= 15 is 0 Å². The topological polar surface area (TPSA) is 82.9 Å². The van der Waals surface area contributed by atoms with Crippen molar-refractivity contribution in [2.75, 3.05) is 5.32 Å². The van der Waals surface area contributed by atoms with E-state index in [9.17, 15) is 9.59 Å². The number of halogens is 1. The number of carbonyl (C=O) groups excluding carboxylic acids is 2. The van der Waals surface area contributed by atoms with Gasteiger partial charge in [-0.25, -0.2) is 0 Å². The highest BCUT2D eigenvalue weighted by molar-refractivity contribution is 8.15. The predicted octanol–water partition coefficient (Wildman–Crippen LogP) is 3.29. The number of hydrogen-bond donors (Lipinski definition) is 2. The Hall–Kier alpha value is -2.64. The molecular weight excluding hydrogens is 372 g/mol. The minimum atomic E-state index is -0.529. The Morgan fingerprint density at radius 1 is 1.23 bits per heavy atom. The van der Waals surface area contributed by atoms with Gasteiger partial charge in [-0.2, -0.15) is 5.10 Å². The fraction of sp³-hybridized carbons (Fsp3) is 0.111. The molecule has 0 spiro atoms. The van der Waals surface area contributed by atoms with E-state index in [-0.39, 0.29) is 18.2 Å². The van der Waals surface area contributed by atoms with Gasteiger partial charge in [-0.05, 0) is 29.8 Å². The van der Waals surface area contributed by atoms with Crippen LogP contribution in [0.3, 0.4) is 0 Å². The van der Waals surface area contributed by atoms with Gasteiger partial charge in [-0.15, -0.1) is 5.10 Å². The molecule has 6 nitrogen and oxygen atoms in total. The summed E-state index contributed by atoms with van der Waals surface area (Å²) in [4.78, 5) is 24.1. The molecule has 1 atom stereocenters. The first-order valence-corrected chi connectivity index (χ1v) is 9.05. The third kappa shape index (κ3) is 5.18. The highest BCUT2D eigenvalue weighted by Gasteiger charge is 2.32. The summed E-state index contributed by atoms with van der Waals surface area (Å²) in [7, 11) is 0. The lowest BCUT2D eigenvalue weighted by molar-refractivity contribution is -0.122. The number of rotatable bonds is 5. The second-order valence-corrected chi connectivity index (χ2v) is 7.05. The maximum Gasteiger partial charge on any atom is 0.240 e. The van der Waals surface area contributed by atoms with Crippen molar-refractivity contribution in [3.8, 4) is 0 Å². The number of carbonyl (C=O) groups is 2. The number of thioether (sulfide) groups is 1. The van der Waals surface area contributed by atoms with Crippen LogP contribution in [0.1, 0.15) is 12.0 Å². The summed E-state index contributed by atoms with van der Waals surface area (Å²) in [5.74, 6) is -0.484. The van der Waals surface area contributed by atoms with Crippen molar-refractivity contribution >= 4 is 52.2 Å². The summed E-state index contributed by atoms with van der Waals surface area (Å²) >= 11 is 7.08. The van der Waals surface area contributed by atoms with Crippen LogP contribution < -0.4 is 10.6 Å². The van der Waals surface area contributed by atoms with Gasteiger partial charge in [-0.1, -0.05) is 53.7 Å². The molecule has 1 heterocycles. The van der Waals surface area contributed by atoms with Gasteiger partial charge >= 0.3 is 0 Å². The van der Waals surface area contributed by atoms with Crippen LogP contribution in [-0.2, 0) is 9.59 Å². The van der Waals surface area contributed by atoms with E-state index in [1.54, 1.807) is 30.5 Å². The lowest BCUT2D eigenvalue weighted by Gasteiger charge is -2.06. The molecule has 2 N–H and O–H groups in total. The molecule has 2 aromatic carbocycles. The fourth-order valence-electron chi connectivity index (χ4n) is 2.22. The Balaban J connectivity index is 1.55. The van der Waals surface area contributed by atoms with Crippen molar-refractivity contribution in [2.45, 2.75) is 11.7 Å². The van der Waals surface area contributed by atoms with Crippen molar-refractivity contribution in [3.63, 3.8) is 0 Å². The van der Waals surface area contributed by atoms with Gasteiger partial charge in [0.25, 0.3) is 0 Å². The summed E-state index contributed by atoms with van der Waals surface area (Å²) in [5, 5.41) is 13.8. The first kappa shape index (κ1) is 18.2. The normalized spacial score (nSPS) is 18.3. The van der Waals surface area contributed by atoms with Crippen molar-refractivity contribution in [1.29, 1.82) is 0 Å². The maximum absolute atomic E-state index is 12.1. The Bertz CT molecular complexity index is 871. The summed E-state index contributed by atoms with van der Waals surface area (Å²) in [5.41, 5.74) is 1.50. The number of para-hydroxylation sites is 1. The van der Waals surface area contributed by atoms with Crippen LogP contribution in [0.2, 0.25) is 5.02 Å². The van der Waals surface area contributed by atoms with Crippen LogP contribution in [0, 0.1) is 0 Å². The zero-order chi connectivity index (χ0) is 18.4. The fourth-order valence-corrected chi connectivity index (χ4v) is 3.35. The summed E-state index contributed by atoms with van der Waals surface area (Å²) in [6.45, 7) is 0. The third-order valence-electron chi connectivity index (χ3n) is 3.41. The Labute approximate surface area is 159 Å². The highest BCUT2D eigenvalue weighted by Crippen LogP contribution is 2.23. The molecule has 0 bridgehead atoms. The molecule has 0 radical (unpaired) electrons. The first-order valence-electron chi connectivity index (χ1n) is 7.79. The quantitative estimate of drug-likeness (QED) is 0.611. The lowest BCUT2D eigenvalue weighted by Crippen LogP contribution is -2.28. The number of nitrogens with one attached hydrogen (secondary N) is 2. The molecule has 132 valence electrons. The maximum atomic E-state index is 12.1. The van der Waals surface area contributed by atoms with Crippen LogP contribution in [0.5, 0.6) is 0 Å². The largest absolute Gasteiger partial charge is 0.326 e. The molecule has 26 heavy (non-hydrogen) atoms. The first-order chi connectivity index (χ1) is 12.6. The molecule has 1 aliphatic heterocycles. The van der Waals surface area contributed by atoms with Crippen molar-refractivity contribution in [2.24, 2.45) is 10.2 Å². The zero-order valence-electron chi connectivity index (χ0n) is 13.6. The third-order valence-corrected chi connectivity index (χ3v) is 4.72. The Morgan fingerprint density at radius 3 is 2.81 bits per heavy atom. The van der Waals surface area contributed by atoms with Crippen LogP contribution in [-0.4, -0.2) is 28.4 Å². The molecule has 0 aromatic heterocycles. The summed E-state index contributed by atoms with van der Waals surface area (Å²) in [6, 6.07) is 16.3. The number of benzene rings is 2. The molecule has 1 saturated heterocycles. The molecule has 1 aliphatic rings. The van der Waals surface area contributed by atoms with Crippen LogP contribution in [0.15, 0.2) is 64.8 Å². The predicted molar refractivity (Wildman–Crippen MR) is 106 cm³/mol. The van der Waals surface area contributed by atoms with Crippen molar-refractivity contribution in [1.82, 2.24) is 5.32 Å². The van der Waals surface area contributed by atoms with Gasteiger partial charge in [0.1, 0.15) is 5.25 Å². The van der Waals surface area contributed by atoms with E-state index in [0.717, 1.165) is 5.56 Å². The van der Waals surface area contributed by atoms with E-state index in [4.69, 9.17) is 11.6 Å². The standard InChI is InChI=1S/C18H15ClN4O2S/c19-13-6-4-5-12(9-13)11-20-23-18-22-17(25)15(26-18)10-16(24)21-14-7-2-1-3-8-14/h1-9,11,15H,10H2,(H,21,24)(H,22,23,25)/b20-11-/t15-/m0/s1. The van der Waals surface area contributed by atoms with Crippen LogP contribution in [0.4, 0.5) is 5.69 Å². The highest BCUT2D eigenvalue weighted by atomic mass is 35.5. The van der Waals surface area contributed by atoms with E-state index in [0.29, 0.717) is 15.9 Å². The van der Waals surface area contributed by atoms with Gasteiger partial charge in [0.2, 0.25) is 11.8 Å². The molecular formula is C18H15ClN4O2S. The van der Waals surface area contributed by atoms with Gasteiger partial charge in [-0.3, -0.25) is 9.59 Å². The molecule has 0 aliphatic carbocycles. The lowest BCUT2D eigenvalue weighted by atomic mass is 10.2. The average Bonchev–Trinajstić information content (AvgIpc) is 2.95. The van der Waals surface area contributed by atoms with Gasteiger partial charge < -0.3 is 10.6 Å². The van der Waals surface area contributed by atoms with E-state index in [1.165, 1.54) is 11.8 Å². The average molecular weight is 387 g/mol. The molecule has 2 aromatic rings. The smallest absolute Gasteiger partial charge is 0.240 e. The van der Waals surface area contributed by atoms with Gasteiger partial charge in [0.05, 0.1) is 6.21 Å². The molecule has 0 unspecified atom stereocenters. The second kappa shape index (κ2) is 8.64. The molecule has 1 fully saturated rings. The Kier molecular flexibility index (Phi) is 6.04. The van der Waals surface area contributed by atoms with Crippen molar-refractivity contribution < 1.29 is 9.59 Å². The molecule has 0 saturated carbocycles. The van der Waals surface area contributed by atoms with Crippen LogP contribution in [0.25, 0.3) is 0 Å². The number of amides is 2. The van der Waals surface area contributed by atoms with E-state index in [1.807, 2.05) is 30.3 Å². The SMILES string of the molecule is O=C(C[C@@H]1S/C(=N\N=C/c2cccc(Cl)c2)NC1=O)Nc1ccccc1. The van der Waals surface area contributed by atoms with Crippen molar-refractivity contribution in [3.05, 3.63) is 65.2 Å². The van der Waals surface area contributed by atoms with Crippen LogP contribution >= 0.6 is 23.4 Å². The number of nitrogens with zero attached hydrogens (tertiary/aromatic N) is 2. The van der Waals surface area contributed by atoms with E-state index in [2.05, 4.69) is 20.8 Å². The minimum Gasteiger partial charge on any atom is -0.326 e. The van der Waals surface area contributed by atoms with Gasteiger partial charge in [0.15, 0.2) is 5.17 Å². The number of amidine groups is 1. The zero-order valence-corrected chi connectivity index (χ0v) is 15.1. The second-order valence-electron chi connectivity index (χ2n) is 5.42. The monoisotopic (exact) mass is 386 g/mol. The minimum absolute atomic E-state index is 0.0580. The van der Waals surface area contributed by atoms with E-state index < -0.39 is 5.25 Å². The Morgan fingerprint density at radius 2 is 2.04 bits per heavy atom. The molecule has 8 heteroatoms. The number of hydrogen-bond acceptors (Lipinski definition) is 5. The molecule has 3 rings (SSSR count).